The molecule has 0 saturated carbocycles. The maximum Gasteiger partial charge on any atom is 0.200 e. The van der Waals surface area contributed by atoms with Crippen LogP contribution in [0.15, 0.2) is 249 Å². The van der Waals surface area contributed by atoms with Gasteiger partial charge in [0.2, 0.25) is 0 Å². The minimum absolute atomic E-state index is 0.352. The SMILES string of the molecule is [C-]#[N+]c1ccc(-c2ccc3c(c2)c2cc(-c4ccc(C#N)cc4)ccc2n3-c2cc([N+]#[C-])c(-c3nc(-c4ccccc4)cc(-c4ccccc4)n3)cc2-n2c3ccc(-c4ccc(C#N)cc4)cc3c3cc(-c4ccc(C#N)cc4)ccc32)cc1. The number of hydrogen-bond donors (Lipinski definition) is 0. The van der Waals surface area contributed by atoms with E-state index in [0.717, 1.165) is 111 Å². The molecule has 84 heavy (non-hydrogen) atoms. The maximum atomic E-state index is 9.72. The van der Waals surface area contributed by atoms with Gasteiger partial charge in [0.25, 0.3) is 0 Å². The fourth-order valence-electron chi connectivity index (χ4n) is 11.5. The first-order valence-corrected chi connectivity index (χ1v) is 27.1. The molecule has 0 atom stereocenters. The summed E-state index contributed by atoms with van der Waals surface area (Å²) in [5.74, 6) is 0.393. The summed E-state index contributed by atoms with van der Waals surface area (Å²) < 4.78 is 4.55. The Morgan fingerprint density at radius 2 is 0.655 bits per heavy atom. The predicted molar refractivity (Wildman–Crippen MR) is 335 cm³/mol. The van der Waals surface area contributed by atoms with E-state index in [2.05, 4.69) is 116 Å². The molecule has 14 aromatic rings. The van der Waals surface area contributed by atoms with Gasteiger partial charge in [0.05, 0.1) is 92.9 Å². The van der Waals surface area contributed by atoms with Gasteiger partial charge in [0.15, 0.2) is 11.4 Å². The number of nitrogens with zero attached hydrogens (tertiary/aromatic N) is 9. The Morgan fingerprint density at radius 1 is 0.321 bits per heavy atom. The molecule has 9 nitrogen and oxygen atoms in total. The molecule has 386 valence electrons. The van der Waals surface area contributed by atoms with Gasteiger partial charge >= 0.3 is 0 Å². The number of aromatic nitrogens is 4. The molecule has 14 rings (SSSR count). The molecule has 0 unspecified atom stereocenters. The normalized spacial score (nSPS) is 11.0. The number of rotatable bonds is 9. The second-order valence-electron chi connectivity index (χ2n) is 20.5. The lowest BCUT2D eigenvalue weighted by molar-refractivity contribution is 1.09. The molecule has 0 N–H and O–H groups in total. The van der Waals surface area contributed by atoms with Crippen molar-refractivity contribution in [2.45, 2.75) is 0 Å². The molecule has 0 radical (unpaired) electrons. The van der Waals surface area contributed by atoms with Gasteiger partial charge in [-0.2, -0.15) is 15.8 Å². The summed E-state index contributed by atoms with van der Waals surface area (Å²) in [6.07, 6.45) is 0. The molecule has 0 aliphatic heterocycles. The van der Waals surface area contributed by atoms with Crippen LogP contribution in [0.2, 0.25) is 0 Å². The maximum absolute atomic E-state index is 9.72. The summed E-state index contributed by atoms with van der Waals surface area (Å²) in [6.45, 7) is 16.7. The minimum Gasteiger partial charge on any atom is -0.308 e. The molecule has 3 heterocycles. The highest BCUT2D eigenvalue weighted by Crippen LogP contribution is 2.46. The van der Waals surface area contributed by atoms with Gasteiger partial charge in [-0.05, 0) is 148 Å². The van der Waals surface area contributed by atoms with Crippen molar-refractivity contribution in [1.82, 2.24) is 19.1 Å². The Hall–Kier alpha value is -12.5. The molecular formula is C75H41N9. The highest BCUT2D eigenvalue weighted by molar-refractivity contribution is 6.14. The van der Waals surface area contributed by atoms with Crippen LogP contribution in [0.4, 0.5) is 11.4 Å². The van der Waals surface area contributed by atoms with Gasteiger partial charge in [-0.3, -0.25) is 0 Å². The van der Waals surface area contributed by atoms with E-state index in [-0.39, 0.29) is 0 Å². The Balaban J connectivity index is 1.10. The lowest BCUT2D eigenvalue weighted by atomic mass is 9.99. The fraction of sp³-hybridized carbons (Fsp3) is 0. The summed E-state index contributed by atoms with van der Waals surface area (Å²) in [5.41, 5.74) is 19.3. The monoisotopic (exact) mass is 1070 g/mol. The van der Waals surface area contributed by atoms with E-state index in [1.807, 2.05) is 170 Å². The zero-order valence-electron chi connectivity index (χ0n) is 44.7. The predicted octanol–water partition coefficient (Wildman–Crippen LogP) is 19.1. The smallest absolute Gasteiger partial charge is 0.200 e. The minimum atomic E-state index is 0.352. The van der Waals surface area contributed by atoms with Crippen LogP contribution in [-0.2, 0) is 0 Å². The van der Waals surface area contributed by atoms with Crippen LogP contribution in [0.3, 0.4) is 0 Å². The molecule has 0 fully saturated rings. The van der Waals surface area contributed by atoms with Gasteiger partial charge < -0.3 is 9.13 Å². The molecule has 0 aliphatic rings. The quantitative estimate of drug-likeness (QED) is 0.134. The van der Waals surface area contributed by atoms with E-state index in [4.69, 9.17) is 23.1 Å². The van der Waals surface area contributed by atoms with Gasteiger partial charge in [-0.25, -0.2) is 19.7 Å². The van der Waals surface area contributed by atoms with Crippen LogP contribution >= 0.6 is 0 Å². The molecule has 0 aliphatic carbocycles. The average Bonchev–Trinajstić information content (AvgIpc) is 2.29. The van der Waals surface area contributed by atoms with Crippen molar-refractivity contribution in [2.24, 2.45) is 0 Å². The van der Waals surface area contributed by atoms with Crippen molar-refractivity contribution in [3.63, 3.8) is 0 Å². The average molecular weight is 1070 g/mol. The van der Waals surface area contributed by atoms with Gasteiger partial charge in [-0.1, -0.05) is 146 Å². The lowest BCUT2D eigenvalue weighted by Crippen LogP contribution is -2.05. The first-order chi connectivity index (χ1) is 41.4. The molecule has 0 saturated heterocycles. The summed E-state index contributed by atoms with van der Waals surface area (Å²) in [7, 11) is 0. The molecule has 0 amide bonds. The second kappa shape index (κ2) is 20.7. The van der Waals surface area contributed by atoms with E-state index in [1.165, 1.54) is 0 Å². The molecule has 0 spiro atoms. The Bertz CT molecular complexity index is 4910. The van der Waals surface area contributed by atoms with Crippen LogP contribution in [0, 0.1) is 47.1 Å². The Labute approximate surface area is 483 Å². The molecule has 3 aromatic heterocycles. The van der Waals surface area contributed by atoms with E-state index >= 15 is 0 Å². The first-order valence-electron chi connectivity index (χ1n) is 27.1. The highest BCUT2D eigenvalue weighted by atomic mass is 15.1. The molecular weight excluding hydrogens is 1030 g/mol. The van der Waals surface area contributed by atoms with Gasteiger partial charge in [-0.15, -0.1) is 0 Å². The largest absolute Gasteiger partial charge is 0.308 e. The number of hydrogen-bond acceptors (Lipinski definition) is 5. The Kier molecular flexibility index (Phi) is 12.2. The fourth-order valence-corrected chi connectivity index (χ4v) is 11.5. The summed E-state index contributed by atoms with van der Waals surface area (Å²) >= 11 is 0. The van der Waals surface area contributed by atoms with Crippen LogP contribution in [-0.4, -0.2) is 19.1 Å². The van der Waals surface area contributed by atoms with Crippen molar-refractivity contribution >= 4 is 55.0 Å². The summed E-state index contributed by atoms with van der Waals surface area (Å²) in [5, 5.41) is 33.0. The Morgan fingerprint density at radius 3 is 0.988 bits per heavy atom. The third-order valence-corrected chi connectivity index (χ3v) is 15.7. The number of fused-ring (bicyclic) bond motifs is 6. The third-order valence-electron chi connectivity index (χ3n) is 15.7. The number of benzene rings is 11. The zero-order valence-corrected chi connectivity index (χ0v) is 44.7. The second-order valence-corrected chi connectivity index (χ2v) is 20.5. The van der Waals surface area contributed by atoms with E-state index < -0.39 is 0 Å². The molecule has 11 aromatic carbocycles. The highest BCUT2D eigenvalue weighted by Gasteiger charge is 2.25. The standard InChI is InChI=1S/C75H41N9/c1-79-60-31-25-53(26-32-60)59-30-36-72-64(40-59)63-39-58(52-23-17-49(46-78)18-24-52)29-35-71(63)84(72)74-43-68(80-2)65(75-81-66(54-9-5-3-6-10-54)42-67(82-75)55-11-7-4-8-12-55)41-73(74)83-69-33-27-56(50-19-13-47(44-76)14-20-50)37-61(69)62-38-57(28-34-70(62)83)51-21-15-48(45-77)16-22-51/h3-43H. The van der Waals surface area contributed by atoms with Crippen molar-refractivity contribution in [3.8, 4) is 108 Å². The van der Waals surface area contributed by atoms with Crippen LogP contribution in [0.5, 0.6) is 0 Å². The van der Waals surface area contributed by atoms with Crippen LogP contribution in [0.1, 0.15) is 16.7 Å². The van der Waals surface area contributed by atoms with Crippen molar-refractivity contribution in [2.75, 3.05) is 0 Å². The van der Waals surface area contributed by atoms with Gasteiger partial charge in [0.1, 0.15) is 5.82 Å². The van der Waals surface area contributed by atoms with E-state index in [1.54, 1.807) is 0 Å². The van der Waals surface area contributed by atoms with E-state index in [9.17, 15) is 15.8 Å². The first kappa shape index (κ1) is 49.8. The summed E-state index contributed by atoms with van der Waals surface area (Å²) in [6, 6.07) is 89.3. The number of nitriles is 3. The molecule has 9 heteroatoms. The van der Waals surface area contributed by atoms with Crippen LogP contribution in [0.25, 0.3) is 143 Å². The summed E-state index contributed by atoms with van der Waals surface area (Å²) in [4.78, 5) is 18.6. The third kappa shape index (κ3) is 8.72. The van der Waals surface area contributed by atoms with Crippen molar-refractivity contribution in [1.29, 1.82) is 15.8 Å². The molecule has 0 bridgehead atoms. The van der Waals surface area contributed by atoms with Crippen LogP contribution < -0.4 is 0 Å². The zero-order chi connectivity index (χ0) is 56.8. The lowest BCUT2D eigenvalue weighted by Gasteiger charge is -2.20. The topological polar surface area (TPSA) is 116 Å². The van der Waals surface area contributed by atoms with E-state index in [0.29, 0.717) is 50.8 Å². The van der Waals surface area contributed by atoms with Gasteiger partial charge in [0, 0.05) is 38.2 Å². The van der Waals surface area contributed by atoms with Crippen molar-refractivity contribution < 1.29 is 0 Å². The van der Waals surface area contributed by atoms with Crippen molar-refractivity contribution in [3.05, 3.63) is 288 Å².